The lowest BCUT2D eigenvalue weighted by Gasteiger charge is -2.12. The van der Waals surface area contributed by atoms with Crippen LogP contribution >= 0.6 is 23.2 Å². The predicted molar refractivity (Wildman–Crippen MR) is 116 cm³/mol. The molecular formula is C22H15Cl2N3O2. The summed E-state index contributed by atoms with van der Waals surface area (Å²) < 4.78 is 0. The van der Waals surface area contributed by atoms with Gasteiger partial charge in [-0.3, -0.25) is 9.59 Å². The fourth-order valence-corrected chi connectivity index (χ4v) is 3.55. The van der Waals surface area contributed by atoms with Crippen molar-refractivity contribution in [3.63, 3.8) is 0 Å². The maximum atomic E-state index is 12.9. The molecular weight excluding hydrogens is 409 g/mol. The Bertz CT molecular complexity index is 1270. The molecule has 1 aromatic heterocycles. The van der Waals surface area contributed by atoms with Crippen LogP contribution in [0.25, 0.3) is 22.0 Å². The number of carbonyl (C=O) groups excluding carboxylic acids is 1. The highest BCUT2D eigenvalue weighted by Crippen LogP contribution is 2.24. The number of amides is 1. The van der Waals surface area contributed by atoms with Crippen LogP contribution in [0, 0.1) is 0 Å². The maximum Gasteiger partial charge on any atom is 0.294 e. The van der Waals surface area contributed by atoms with Crippen molar-refractivity contribution in [1.82, 2.24) is 9.89 Å². The minimum Gasteiger partial charge on any atom is -0.273 e. The number of aromatic nitrogens is 2. The molecule has 0 unspecified atom stereocenters. The molecule has 1 N–H and O–H groups in total. The molecule has 144 valence electrons. The zero-order chi connectivity index (χ0) is 20.4. The number of benzene rings is 3. The molecule has 29 heavy (non-hydrogen) atoms. The summed E-state index contributed by atoms with van der Waals surface area (Å²) in [5, 5.41) is 6.46. The summed E-state index contributed by atoms with van der Waals surface area (Å²) in [6, 6.07) is 21.6. The second-order valence-corrected chi connectivity index (χ2v) is 7.27. The standard InChI is InChI=1S/C22H15Cl2N3O2/c23-16-11-10-15(19(24)13-16)12-20(28)25-27-22(29)18-9-5-4-8-17(18)21(26-27)14-6-2-1-3-7-14/h1-11,13H,12H2,(H,25,28). The van der Waals surface area contributed by atoms with Crippen LogP contribution < -0.4 is 11.0 Å². The number of rotatable bonds is 4. The van der Waals surface area contributed by atoms with Crippen LogP contribution in [0.3, 0.4) is 0 Å². The van der Waals surface area contributed by atoms with E-state index in [2.05, 4.69) is 10.5 Å². The van der Waals surface area contributed by atoms with Crippen LogP contribution in [-0.2, 0) is 11.2 Å². The van der Waals surface area contributed by atoms with Gasteiger partial charge in [-0.05, 0) is 23.8 Å². The van der Waals surface area contributed by atoms with E-state index in [9.17, 15) is 9.59 Å². The van der Waals surface area contributed by atoms with E-state index >= 15 is 0 Å². The van der Waals surface area contributed by atoms with E-state index in [1.807, 2.05) is 42.5 Å². The average Bonchev–Trinajstić information content (AvgIpc) is 2.73. The van der Waals surface area contributed by atoms with Gasteiger partial charge in [0.2, 0.25) is 5.91 Å². The van der Waals surface area contributed by atoms with Gasteiger partial charge in [-0.1, -0.05) is 77.8 Å². The van der Waals surface area contributed by atoms with E-state index in [-0.39, 0.29) is 6.42 Å². The van der Waals surface area contributed by atoms with Crippen LogP contribution in [0.1, 0.15) is 5.56 Å². The van der Waals surface area contributed by atoms with Crippen molar-refractivity contribution in [2.75, 3.05) is 5.43 Å². The fraction of sp³-hybridized carbons (Fsp3) is 0.0455. The number of nitrogens with one attached hydrogen (secondary N) is 1. The fourth-order valence-electron chi connectivity index (χ4n) is 3.07. The summed E-state index contributed by atoms with van der Waals surface area (Å²) in [5.74, 6) is -0.418. The second-order valence-electron chi connectivity index (χ2n) is 6.42. The lowest BCUT2D eigenvalue weighted by atomic mass is 10.1. The van der Waals surface area contributed by atoms with Gasteiger partial charge in [0.15, 0.2) is 0 Å². The number of carbonyl (C=O) groups is 1. The van der Waals surface area contributed by atoms with Gasteiger partial charge in [-0.2, -0.15) is 0 Å². The zero-order valence-corrected chi connectivity index (χ0v) is 16.6. The molecule has 0 bridgehead atoms. The third-order valence-corrected chi connectivity index (χ3v) is 5.04. The van der Waals surface area contributed by atoms with Crippen LogP contribution in [0.15, 0.2) is 77.6 Å². The van der Waals surface area contributed by atoms with Crippen molar-refractivity contribution in [3.05, 3.63) is 98.8 Å². The van der Waals surface area contributed by atoms with Crippen molar-refractivity contribution >= 4 is 39.9 Å². The van der Waals surface area contributed by atoms with Gasteiger partial charge < -0.3 is 0 Å². The van der Waals surface area contributed by atoms with Gasteiger partial charge in [-0.25, -0.2) is 5.43 Å². The molecule has 0 radical (unpaired) electrons. The lowest BCUT2D eigenvalue weighted by molar-refractivity contribution is -0.116. The van der Waals surface area contributed by atoms with Crippen LogP contribution in [0.4, 0.5) is 0 Å². The monoisotopic (exact) mass is 423 g/mol. The molecule has 0 fully saturated rings. The summed E-state index contributed by atoms with van der Waals surface area (Å²) in [5.41, 5.74) is 4.20. The third-order valence-electron chi connectivity index (χ3n) is 4.45. The molecule has 0 aliphatic carbocycles. The molecule has 1 amide bonds. The minimum absolute atomic E-state index is 0.0163. The van der Waals surface area contributed by atoms with Gasteiger partial charge in [0, 0.05) is 21.0 Å². The summed E-state index contributed by atoms with van der Waals surface area (Å²) in [6.45, 7) is 0. The first-order valence-corrected chi connectivity index (χ1v) is 9.60. The Morgan fingerprint density at radius 2 is 1.62 bits per heavy atom. The van der Waals surface area contributed by atoms with Gasteiger partial charge in [-0.15, -0.1) is 9.89 Å². The highest BCUT2D eigenvalue weighted by molar-refractivity contribution is 6.35. The van der Waals surface area contributed by atoms with Crippen molar-refractivity contribution in [2.45, 2.75) is 6.42 Å². The molecule has 5 nitrogen and oxygen atoms in total. The van der Waals surface area contributed by atoms with Crippen LogP contribution in [-0.4, -0.2) is 15.8 Å². The smallest absolute Gasteiger partial charge is 0.273 e. The molecule has 0 spiro atoms. The first kappa shape index (κ1) is 19.2. The molecule has 0 aliphatic heterocycles. The Kier molecular flexibility index (Phi) is 5.34. The lowest BCUT2D eigenvalue weighted by Crippen LogP contribution is -2.36. The van der Waals surface area contributed by atoms with Crippen molar-refractivity contribution < 1.29 is 4.79 Å². The Hall–Kier alpha value is -3.15. The SMILES string of the molecule is O=C(Cc1ccc(Cl)cc1Cl)Nn1nc(-c2ccccc2)c2ccccc2c1=O. The molecule has 0 aliphatic rings. The number of hydrogen-bond donors (Lipinski definition) is 1. The van der Waals surface area contributed by atoms with E-state index in [4.69, 9.17) is 23.2 Å². The van der Waals surface area contributed by atoms with Crippen molar-refractivity contribution in [3.8, 4) is 11.3 Å². The molecule has 0 saturated carbocycles. The summed E-state index contributed by atoms with van der Waals surface area (Å²) in [6.07, 6.45) is -0.0163. The maximum absolute atomic E-state index is 12.9. The molecule has 7 heteroatoms. The molecule has 4 aromatic rings. The number of nitrogens with zero attached hydrogens (tertiary/aromatic N) is 2. The first-order chi connectivity index (χ1) is 14.0. The van der Waals surface area contributed by atoms with Crippen molar-refractivity contribution in [2.24, 2.45) is 0 Å². The van der Waals surface area contributed by atoms with E-state index in [0.29, 0.717) is 26.7 Å². The van der Waals surface area contributed by atoms with Gasteiger partial charge in [0.05, 0.1) is 11.8 Å². The molecule has 4 rings (SSSR count). The Morgan fingerprint density at radius 1 is 0.931 bits per heavy atom. The largest absolute Gasteiger partial charge is 0.294 e. The molecule has 3 aromatic carbocycles. The van der Waals surface area contributed by atoms with E-state index < -0.39 is 11.5 Å². The first-order valence-electron chi connectivity index (χ1n) is 8.84. The summed E-state index contributed by atoms with van der Waals surface area (Å²) in [7, 11) is 0. The van der Waals surface area contributed by atoms with Gasteiger partial charge in [0.1, 0.15) is 5.69 Å². The Labute approximate surface area is 176 Å². The van der Waals surface area contributed by atoms with Crippen LogP contribution in [0.2, 0.25) is 10.0 Å². The number of hydrogen-bond acceptors (Lipinski definition) is 3. The molecule has 1 heterocycles. The summed E-state index contributed by atoms with van der Waals surface area (Å²) in [4.78, 5) is 26.4. The van der Waals surface area contributed by atoms with E-state index in [1.165, 1.54) is 0 Å². The van der Waals surface area contributed by atoms with E-state index in [0.717, 1.165) is 15.7 Å². The van der Waals surface area contributed by atoms with Crippen LogP contribution in [0.5, 0.6) is 0 Å². The Balaban J connectivity index is 1.73. The average molecular weight is 424 g/mol. The van der Waals surface area contributed by atoms with Crippen molar-refractivity contribution in [1.29, 1.82) is 0 Å². The topological polar surface area (TPSA) is 64.0 Å². The third kappa shape index (κ3) is 4.01. The zero-order valence-electron chi connectivity index (χ0n) is 15.1. The second kappa shape index (κ2) is 8.07. The highest BCUT2D eigenvalue weighted by atomic mass is 35.5. The summed E-state index contributed by atoms with van der Waals surface area (Å²) >= 11 is 12.0. The quantitative estimate of drug-likeness (QED) is 0.517. The number of fused-ring (bicyclic) bond motifs is 1. The predicted octanol–water partition coefficient (Wildman–Crippen LogP) is 4.68. The van der Waals surface area contributed by atoms with Gasteiger partial charge in [0.25, 0.3) is 5.56 Å². The number of halogens is 2. The Morgan fingerprint density at radius 3 is 2.34 bits per heavy atom. The van der Waals surface area contributed by atoms with Gasteiger partial charge >= 0.3 is 0 Å². The van der Waals surface area contributed by atoms with E-state index in [1.54, 1.807) is 30.3 Å². The highest BCUT2D eigenvalue weighted by Gasteiger charge is 2.14. The normalized spacial score (nSPS) is 10.8. The molecule has 0 saturated heterocycles. The minimum atomic E-state index is -0.418. The molecule has 0 atom stereocenters.